The third kappa shape index (κ3) is 3.53. The van der Waals surface area contributed by atoms with Crippen LogP contribution in [0, 0.1) is 0 Å². The minimum atomic E-state index is -4.09. The van der Waals surface area contributed by atoms with Gasteiger partial charge in [-0.1, -0.05) is 11.6 Å². The fraction of sp³-hybridized carbons (Fsp3) is 0.364. The van der Waals surface area contributed by atoms with E-state index < -0.39 is 22.0 Å². The first-order valence-electron chi connectivity index (χ1n) is 5.39. The number of rotatable bonds is 6. The average molecular weight is 324 g/mol. The maximum atomic E-state index is 12.1. The van der Waals surface area contributed by atoms with Gasteiger partial charge in [0.25, 0.3) is 0 Å². The van der Waals surface area contributed by atoms with E-state index in [0.717, 1.165) is 6.07 Å². The van der Waals surface area contributed by atoms with E-state index >= 15 is 0 Å². The smallest absolute Gasteiger partial charge is 0.321 e. The molecule has 0 spiro atoms. The van der Waals surface area contributed by atoms with Crippen LogP contribution in [0.15, 0.2) is 17.0 Å². The molecule has 1 atom stereocenters. The molecule has 7 nitrogen and oxygen atoms in total. The Labute approximate surface area is 121 Å². The summed E-state index contributed by atoms with van der Waals surface area (Å²) < 4.78 is 36.2. The molecule has 2 N–H and O–H groups in total. The number of carboxylic acids is 1. The van der Waals surface area contributed by atoms with E-state index in [-0.39, 0.29) is 21.4 Å². The van der Waals surface area contributed by atoms with Gasteiger partial charge in [0.2, 0.25) is 10.0 Å². The Morgan fingerprint density at radius 2 is 1.85 bits per heavy atom. The zero-order valence-corrected chi connectivity index (χ0v) is 12.6. The molecule has 0 amide bonds. The van der Waals surface area contributed by atoms with Crippen molar-refractivity contribution in [3.05, 3.63) is 17.2 Å². The number of nitrogens with one attached hydrogen (secondary N) is 1. The molecule has 0 aliphatic carbocycles. The number of carbonyl (C=O) groups is 1. The zero-order valence-electron chi connectivity index (χ0n) is 11.0. The van der Waals surface area contributed by atoms with Crippen molar-refractivity contribution in [2.75, 3.05) is 14.2 Å². The van der Waals surface area contributed by atoms with E-state index in [4.69, 9.17) is 26.2 Å². The number of aliphatic carboxylic acids is 1. The van der Waals surface area contributed by atoms with Crippen LogP contribution in [-0.2, 0) is 14.8 Å². The molecular formula is C11H14ClNO6S. The van der Waals surface area contributed by atoms with Gasteiger partial charge in [-0.15, -0.1) is 0 Å². The predicted octanol–water partition coefficient (Wildman–Crippen LogP) is 1.11. The number of hydrogen-bond acceptors (Lipinski definition) is 5. The summed E-state index contributed by atoms with van der Waals surface area (Å²) in [7, 11) is -1.44. The van der Waals surface area contributed by atoms with Gasteiger partial charge in [0.1, 0.15) is 22.4 Å². The highest BCUT2D eigenvalue weighted by atomic mass is 35.5. The van der Waals surface area contributed by atoms with Crippen LogP contribution in [0.4, 0.5) is 0 Å². The van der Waals surface area contributed by atoms with Crippen molar-refractivity contribution in [1.29, 1.82) is 0 Å². The van der Waals surface area contributed by atoms with Crippen molar-refractivity contribution in [1.82, 2.24) is 4.72 Å². The Kier molecular flexibility index (Phi) is 5.21. The van der Waals surface area contributed by atoms with Crippen molar-refractivity contribution in [3.8, 4) is 11.5 Å². The molecule has 0 heterocycles. The van der Waals surface area contributed by atoms with Gasteiger partial charge in [0.05, 0.1) is 19.2 Å². The second-order valence-electron chi connectivity index (χ2n) is 3.82. The van der Waals surface area contributed by atoms with Crippen molar-refractivity contribution in [2.45, 2.75) is 17.9 Å². The van der Waals surface area contributed by atoms with E-state index in [9.17, 15) is 13.2 Å². The molecule has 112 valence electrons. The number of halogens is 1. The average Bonchev–Trinajstić information content (AvgIpc) is 2.37. The maximum absolute atomic E-state index is 12.1. The van der Waals surface area contributed by atoms with Crippen LogP contribution < -0.4 is 14.2 Å². The Hall–Kier alpha value is -1.51. The molecule has 1 rings (SSSR count). The fourth-order valence-electron chi connectivity index (χ4n) is 1.39. The van der Waals surface area contributed by atoms with E-state index in [0.29, 0.717) is 0 Å². The lowest BCUT2D eigenvalue weighted by atomic mass is 10.3. The second kappa shape index (κ2) is 6.29. The minimum absolute atomic E-state index is 0.00339. The van der Waals surface area contributed by atoms with Crippen LogP contribution in [0.5, 0.6) is 11.5 Å². The number of methoxy groups -OCH3 is 2. The summed E-state index contributed by atoms with van der Waals surface area (Å²) in [6.45, 7) is 1.21. The lowest BCUT2D eigenvalue weighted by Gasteiger charge is -2.14. The fourth-order valence-corrected chi connectivity index (χ4v) is 3.07. The third-order valence-electron chi connectivity index (χ3n) is 2.43. The summed E-state index contributed by atoms with van der Waals surface area (Å²) in [5.41, 5.74) is 0. The minimum Gasteiger partial charge on any atom is -0.495 e. The van der Waals surface area contributed by atoms with Gasteiger partial charge in [-0.25, -0.2) is 8.42 Å². The van der Waals surface area contributed by atoms with Crippen molar-refractivity contribution >= 4 is 27.6 Å². The number of carboxylic acid groups (broad SMARTS) is 1. The monoisotopic (exact) mass is 323 g/mol. The predicted molar refractivity (Wildman–Crippen MR) is 72.0 cm³/mol. The van der Waals surface area contributed by atoms with Crippen LogP contribution in [0.1, 0.15) is 6.92 Å². The molecular weight excluding hydrogens is 310 g/mol. The molecule has 0 aliphatic rings. The SMILES string of the molecule is COc1cc(OC)c(S(=O)(=O)NC(C)C(=O)O)cc1Cl. The van der Waals surface area contributed by atoms with Gasteiger partial charge < -0.3 is 14.6 Å². The molecule has 0 fully saturated rings. The molecule has 0 aliphatic heterocycles. The molecule has 0 bridgehead atoms. The summed E-state index contributed by atoms with van der Waals surface area (Å²) in [5.74, 6) is -1.06. The summed E-state index contributed by atoms with van der Waals surface area (Å²) in [6.07, 6.45) is 0. The summed E-state index contributed by atoms with van der Waals surface area (Å²) in [4.78, 5) is 10.5. The Balaban J connectivity index is 3.31. The summed E-state index contributed by atoms with van der Waals surface area (Å²) >= 11 is 5.87. The van der Waals surface area contributed by atoms with Gasteiger partial charge in [-0.3, -0.25) is 4.79 Å². The highest BCUT2D eigenvalue weighted by Crippen LogP contribution is 2.35. The molecule has 1 aromatic carbocycles. The number of ether oxygens (including phenoxy) is 2. The van der Waals surface area contributed by atoms with E-state index in [2.05, 4.69) is 0 Å². The first-order chi connectivity index (χ1) is 9.22. The third-order valence-corrected chi connectivity index (χ3v) is 4.29. The molecule has 20 heavy (non-hydrogen) atoms. The number of benzene rings is 1. The van der Waals surface area contributed by atoms with Crippen molar-refractivity contribution in [2.24, 2.45) is 0 Å². The van der Waals surface area contributed by atoms with Gasteiger partial charge in [0.15, 0.2) is 0 Å². The summed E-state index contributed by atoms with van der Waals surface area (Å²) in [6, 6.07) is 1.16. The number of sulfonamides is 1. The van der Waals surface area contributed by atoms with E-state index in [1.165, 1.54) is 27.2 Å². The molecule has 0 radical (unpaired) electrons. The molecule has 0 aromatic heterocycles. The second-order valence-corrected chi connectivity index (χ2v) is 5.91. The molecule has 0 saturated heterocycles. The van der Waals surface area contributed by atoms with E-state index in [1.54, 1.807) is 0 Å². The lowest BCUT2D eigenvalue weighted by molar-refractivity contribution is -0.138. The maximum Gasteiger partial charge on any atom is 0.321 e. The van der Waals surface area contributed by atoms with Crippen LogP contribution in [-0.4, -0.2) is 39.8 Å². The highest BCUT2D eigenvalue weighted by molar-refractivity contribution is 7.89. The quantitative estimate of drug-likeness (QED) is 0.813. The molecule has 1 unspecified atom stereocenters. The largest absolute Gasteiger partial charge is 0.495 e. The lowest BCUT2D eigenvalue weighted by Crippen LogP contribution is -2.38. The zero-order chi connectivity index (χ0) is 15.5. The van der Waals surface area contributed by atoms with Gasteiger partial charge in [0, 0.05) is 6.07 Å². The van der Waals surface area contributed by atoms with Crippen LogP contribution in [0.25, 0.3) is 0 Å². The van der Waals surface area contributed by atoms with Gasteiger partial charge in [-0.05, 0) is 13.0 Å². The normalized spacial score (nSPS) is 12.8. The van der Waals surface area contributed by atoms with Crippen molar-refractivity contribution < 1.29 is 27.8 Å². The number of hydrogen-bond donors (Lipinski definition) is 2. The standard InChI is InChI=1S/C11H14ClNO6S/c1-6(11(14)15)13-20(16,17)10-4-7(12)8(18-2)5-9(10)19-3/h4-6,13H,1-3H3,(H,14,15). The van der Waals surface area contributed by atoms with Crippen LogP contribution in [0.2, 0.25) is 5.02 Å². The topological polar surface area (TPSA) is 102 Å². The van der Waals surface area contributed by atoms with Crippen LogP contribution in [0.3, 0.4) is 0 Å². The Morgan fingerprint density at radius 1 is 1.30 bits per heavy atom. The summed E-state index contributed by atoms with van der Waals surface area (Å²) in [5, 5.41) is 8.82. The highest BCUT2D eigenvalue weighted by Gasteiger charge is 2.26. The first kappa shape index (κ1) is 16.5. The van der Waals surface area contributed by atoms with Crippen LogP contribution >= 0.6 is 11.6 Å². The Bertz CT molecular complexity index is 616. The molecule has 0 saturated carbocycles. The first-order valence-corrected chi connectivity index (χ1v) is 7.25. The molecule has 9 heteroatoms. The molecule has 1 aromatic rings. The Morgan fingerprint density at radius 3 is 2.30 bits per heavy atom. The van der Waals surface area contributed by atoms with Gasteiger partial charge >= 0.3 is 5.97 Å². The van der Waals surface area contributed by atoms with Gasteiger partial charge in [-0.2, -0.15) is 4.72 Å². The van der Waals surface area contributed by atoms with E-state index in [1.807, 2.05) is 4.72 Å². The van der Waals surface area contributed by atoms with Crippen molar-refractivity contribution in [3.63, 3.8) is 0 Å².